The van der Waals surface area contributed by atoms with Gasteiger partial charge < -0.3 is 0 Å². The average Bonchev–Trinajstić information content (AvgIpc) is 1.59. The molecule has 0 saturated carbocycles. The van der Waals surface area contributed by atoms with Crippen LogP contribution in [0.1, 0.15) is 0 Å². The standard InChI is InChI=1S/H3NO4S.H3NO3S/c1-5-6(2,3)4;1-5(2,3)4/h1H2,(H,2,3,4);(H3,1,2,3,4). The van der Waals surface area contributed by atoms with Crippen molar-refractivity contribution in [1.82, 2.24) is 0 Å². The van der Waals surface area contributed by atoms with Crippen LogP contribution >= 0.6 is 0 Å². The molecule has 0 fully saturated rings. The molecule has 0 aliphatic rings. The summed E-state index contributed by atoms with van der Waals surface area (Å²) in [7, 11) is -8.55. The van der Waals surface area contributed by atoms with Crippen LogP contribution in [0.3, 0.4) is 0 Å². The van der Waals surface area contributed by atoms with Gasteiger partial charge >= 0.3 is 20.7 Å². The van der Waals surface area contributed by atoms with Gasteiger partial charge in [-0.3, -0.25) is 9.11 Å². The maximum Gasteiger partial charge on any atom is 0.413 e. The molecule has 0 aliphatic carbocycles. The van der Waals surface area contributed by atoms with Crippen LogP contribution in [0.15, 0.2) is 0 Å². The van der Waals surface area contributed by atoms with Crippen molar-refractivity contribution in [2.45, 2.75) is 0 Å². The van der Waals surface area contributed by atoms with E-state index in [-0.39, 0.29) is 0 Å². The summed E-state index contributed by atoms with van der Waals surface area (Å²) < 4.78 is 54.0. The largest absolute Gasteiger partial charge is 0.413 e. The van der Waals surface area contributed by atoms with Crippen LogP contribution in [0.4, 0.5) is 0 Å². The summed E-state index contributed by atoms with van der Waals surface area (Å²) in [5.74, 6) is 3.97. The third-order valence-electron chi connectivity index (χ3n) is 0.122. The molecule has 11 heteroatoms. The van der Waals surface area contributed by atoms with Gasteiger partial charge in [0.25, 0.3) is 0 Å². The lowest BCUT2D eigenvalue weighted by Crippen LogP contribution is -2.08. The minimum Gasteiger partial charge on any atom is -0.274 e. The van der Waals surface area contributed by atoms with Crippen LogP contribution in [-0.4, -0.2) is 25.9 Å². The van der Waals surface area contributed by atoms with Crippen molar-refractivity contribution in [2.75, 3.05) is 0 Å². The van der Waals surface area contributed by atoms with Crippen molar-refractivity contribution in [3.05, 3.63) is 0 Å². The van der Waals surface area contributed by atoms with Crippen molar-refractivity contribution in [1.29, 1.82) is 0 Å². The van der Waals surface area contributed by atoms with Crippen molar-refractivity contribution in [3.8, 4) is 0 Å². The van der Waals surface area contributed by atoms with E-state index in [1.54, 1.807) is 0 Å². The highest BCUT2D eigenvalue weighted by Gasteiger charge is 1.95. The van der Waals surface area contributed by atoms with Crippen LogP contribution in [0.5, 0.6) is 0 Å². The molecule has 0 amide bonds. The van der Waals surface area contributed by atoms with E-state index in [0.29, 0.717) is 0 Å². The van der Waals surface area contributed by atoms with E-state index in [2.05, 4.69) is 15.3 Å². The van der Waals surface area contributed by atoms with Gasteiger partial charge in [-0.15, -0.1) is 0 Å². The molecule has 0 aliphatic heterocycles. The summed E-state index contributed by atoms with van der Waals surface area (Å²) in [6, 6.07) is 0. The van der Waals surface area contributed by atoms with Crippen LogP contribution < -0.4 is 11.0 Å². The van der Waals surface area contributed by atoms with Gasteiger partial charge in [0.1, 0.15) is 0 Å². The Labute approximate surface area is 62.7 Å². The molecule has 0 aromatic heterocycles. The topological polar surface area (TPSA) is 170 Å². The van der Waals surface area contributed by atoms with Gasteiger partial charge in [0, 0.05) is 0 Å². The Morgan fingerprint density at radius 2 is 1.18 bits per heavy atom. The van der Waals surface area contributed by atoms with E-state index in [1.165, 1.54) is 0 Å². The zero-order valence-corrected chi connectivity index (χ0v) is 6.54. The fourth-order valence-corrected chi connectivity index (χ4v) is 0. The maximum absolute atomic E-state index is 9.21. The predicted octanol–water partition coefficient (Wildman–Crippen LogP) is -2.57. The first kappa shape index (κ1) is 13.3. The van der Waals surface area contributed by atoms with Crippen molar-refractivity contribution < 1.29 is 30.2 Å². The zero-order chi connectivity index (χ0) is 9.71. The summed E-state index contributed by atoms with van der Waals surface area (Å²) in [4.78, 5) is 0. The van der Waals surface area contributed by atoms with Gasteiger partial charge in [0.2, 0.25) is 0 Å². The molecule has 0 aromatic rings. The molecule has 0 unspecified atom stereocenters. The third-order valence-corrected chi connectivity index (χ3v) is 0.365. The molecule has 0 radical (unpaired) electrons. The molecule has 70 valence electrons. The van der Waals surface area contributed by atoms with Crippen LogP contribution in [0.2, 0.25) is 0 Å². The molecule has 9 nitrogen and oxygen atoms in total. The average molecular weight is 210 g/mol. The molecular formula is H6N2O7S2. The second-order valence-corrected chi connectivity index (χ2v) is 3.12. The fraction of sp³-hybridized carbons (Fsp3) is 0. The quantitative estimate of drug-likeness (QED) is 0.270. The molecule has 0 rings (SSSR count). The maximum atomic E-state index is 9.21. The molecule has 0 bridgehead atoms. The number of rotatable bonds is 1. The van der Waals surface area contributed by atoms with Gasteiger partial charge in [0.05, 0.1) is 0 Å². The third kappa shape index (κ3) is 78.9. The molecule has 0 atom stereocenters. The minimum absolute atomic E-state index is 2.97. The normalized spacial score (nSPS) is 11.6. The van der Waals surface area contributed by atoms with Crippen LogP contribution in [0.25, 0.3) is 0 Å². The van der Waals surface area contributed by atoms with Crippen LogP contribution in [0, 0.1) is 0 Å². The first-order valence-electron chi connectivity index (χ1n) is 1.67. The van der Waals surface area contributed by atoms with E-state index in [9.17, 15) is 8.42 Å². The second-order valence-electron chi connectivity index (χ2n) is 1.04. The van der Waals surface area contributed by atoms with E-state index >= 15 is 0 Å². The Morgan fingerprint density at radius 3 is 1.18 bits per heavy atom. The van der Waals surface area contributed by atoms with Gasteiger partial charge in [-0.25, -0.2) is 5.14 Å². The summed E-state index contributed by atoms with van der Waals surface area (Å²) in [5, 5.41) is 3.88. The highest BCUT2D eigenvalue weighted by atomic mass is 32.3. The summed E-state index contributed by atoms with van der Waals surface area (Å²) in [6.45, 7) is 0. The van der Waals surface area contributed by atoms with Gasteiger partial charge in [-0.1, -0.05) is 0 Å². The smallest absolute Gasteiger partial charge is 0.274 e. The Kier molecular flexibility index (Phi) is 5.50. The van der Waals surface area contributed by atoms with Gasteiger partial charge in [-0.2, -0.15) is 27.0 Å². The number of nitrogens with two attached hydrogens (primary N) is 2. The van der Waals surface area contributed by atoms with Crippen molar-refractivity contribution in [2.24, 2.45) is 11.0 Å². The van der Waals surface area contributed by atoms with Crippen LogP contribution in [-0.2, 0) is 25.0 Å². The predicted molar refractivity (Wildman–Crippen MR) is 32.6 cm³/mol. The van der Waals surface area contributed by atoms with E-state index in [4.69, 9.17) is 17.5 Å². The SMILES string of the molecule is NOS(=O)(=O)O.NS(=O)(=O)O. The number of hydrogen-bond acceptors (Lipinski definition) is 6. The molecule has 11 heavy (non-hydrogen) atoms. The Hall–Kier alpha value is -0.300. The Balaban J connectivity index is 0. The minimum atomic E-state index is -4.38. The number of hydrogen-bond donors (Lipinski definition) is 4. The first-order chi connectivity index (χ1) is 4.56. The molecule has 6 N–H and O–H groups in total. The Bertz CT molecular complexity index is 262. The Morgan fingerprint density at radius 1 is 1.09 bits per heavy atom. The van der Waals surface area contributed by atoms with Crippen molar-refractivity contribution in [3.63, 3.8) is 0 Å². The lowest BCUT2D eigenvalue weighted by Gasteiger charge is -1.81. The zero-order valence-electron chi connectivity index (χ0n) is 4.91. The lowest BCUT2D eigenvalue weighted by molar-refractivity contribution is 0.277. The molecule has 0 spiro atoms. The van der Waals surface area contributed by atoms with E-state index in [0.717, 1.165) is 0 Å². The monoisotopic (exact) mass is 210 g/mol. The molecular weight excluding hydrogens is 204 g/mol. The summed E-state index contributed by atoms with van der Waals surface area (Å²) in [5.41, 5.74) is 0. The van der Waals surface area contributed by atoms with Crippen molar-refractivity contribution >= 4 is 20.7 Å². The summed E-state index contributed by atoms with van der Waals surface area (Å²) >= 11 is 0. The molecule has 0 aromatic carbocycles. The molecule has 0 saturated heterocycles. The highest BCUT2D eigenvalue weighted by Crippen LogP contribution is 1.70. The summed E-state index contributed by atoms with van der Waals surface area (Å²) in [6.07, 6.45) is 0. The van der Waals surface area contributed by atoms with Gasteiger partial charge in [0.15, 0.2) is 0 Å². The lowest BCUT2D eigenvalue weighted by atomic mass is 13.6. The van der Waals surface area contributed by atoms with E-state index in [1.807, 2.05) is 0 Å². The highest BCUT2D eigenvalue weighted by molar-refractivity contribution is 7.83. The van der Waals surface area contributed by atoms with Gasteiger partial charge in [-0.05, 0) is 0 Å². The van der Waals surface area contributed by atoms with E-state index < -0.39 is 20.7 Å². The molecule has 0 heterocycles. The fourth-order valence-electron chi connectivity index (χ4n) is 0. The second kappa shape index (κ2) is 4.55. The first-order valence-corrected chi connectivity index (χ1v) is 4.54.